The number of hydrogen-bond donors (Lipinski definition) is 1. The highest BCUT2D eigenvalue weighted by Gasteiger charge is 2.25. The van der Waals surface area contributed by atoms with Crippen LogP contribution in [0.1, 0.15) is 16.9 Å². The van der Waals surface area contributed by atoms with E-state index in [1.807, 2.05) is 66.7 Å². The second kappa shape index (κ2) is 12.7. The van der Waals surface area contributed by atoms with Crippen molar-refractivity contribution in [2.75, 3.05) is 0 Å². The third-order valence-corrected chi connectivity index (χ3v) is 6.24. The van der Waals surface area contributed by atoms with E-state index < -0.39 is 18.1 Å². The summed E-state index contributed by atoms with van der Waals surface area (Å²) in [5.74, 6) is 0.313. The van der Waals surface area contributed by atoms with Crippen molar-refractivity contribution >= 4 is 23.0 Å². The molecular weight excluding hydrogens is 522 g/mol. The zero-order valence-electron chi connectivity index (χ0n) is 22.2. The molecule has 0 spiro atoms. The van der Waals surface area contributed by atoms with E-state index in [2.05, 4.69) is 5.32 Å². The fourth-order valence-corrected chi connectivity index (χ4v) is 4.19. The molecule has 206 valence electrons. The molecule has 1 atom stereocenters. The minimum absolute atomic E-state index is 0.0544. The van der Waals surface area contributed by atoms with Crippen molar-refractivity contribution in [1.29, 1.82) is 0 Å². The van der Waals surface area contributed by atoms with Crippen molar-refractivity contribution in [2.24, 2.45) is 0 Å². The molecule has 1 unspecified atom stereocenters. The SMILES string of the molecule is Cc1oc2cc(OC(=O)C(Cc3ccccc3)NC(=O)OCc3ccccc3)ccc2c(=O)c1Oc1ccccc1. The van der Waals surface area contributed by atoms with E-state index in [4.69, 9.17) is 18.6 Å². The highest BCUT2D eigenvalue weighted by Crippen LogP contribution is 2.27. The first-order valence-corrected chi connectivity index (χ1v) is 13.0. The number of para-hydroxylation sites is 1. The second-order valence-electron chi connectivity index (χ2n) is 9.26. The molecule has 0 aliphatic rings. The van der Waals surface area contributed by atoms with Crippen LogP contribution < -0.4 is 20.2 Å². The number of carbonyl (C=O) groups is 2. The topological polar surface area (TPSA) is 104 Å². The van der Waals surface area contributed by atoms with Crippen LogP contribution in [0, 0.1) is 6.92 Å². The van der Waals surface area contributed by atoms with E-state index >= 15 is 0 Å². The third kappa shape index (κ3) is 6.99. The molecule has 0 radical (unpaired) electrons. The van der Waals surface area contributed by atoms with Gasteiger partial charge in [-0.3, -0.25) is 4.79 Å². The van der Waals surface area contributed by atoms with Gasteiger partial charge in [-0.1, -0.05) is 78.9 Å². The number of esters is 1. The predicted molar refractivity (Wildman–Crippen MR) is 153 cm³/mol. The Morgan fingerprint density at radius 1 is 0.805 bits per heavy atom. The molecule has 8 nitrogen and oxygen atoms in total. The predicted octanol–water partition coefficient (Wildman–Crippen LogP) is 6.34. The van der Waals surface area contributed by atoms with Crippen molar-refractivity contribution in [2.45, 2.75) is 26.0 Å². The van der Waals surface area contributed by atoms with Crippen LogP contribution in [0.25, 0.3) is 11.0 Å². The van der Waals surface area contributed by atoms with Crippen LogP contribution in [0.5, 0.6) is 17.2 Å². The van der Waals surface area contributed by atoms with Crippen molar-refractivity contribution in [1.82, 2.24) is 5.32 Å². The molecule has 0 aliphatic heterocycles. The molecule has 0 saturated carbocycles. The van der Waals surface area contributed by atoms with E-state index in [-0.39, 0.29) is 46.7 Å². The Labute approximate surface area is 236 Å². The number of nitrogens with one attached hydrogen (secondary N) is 1. The number of carbonyl (C=O) groups excluding carboxylic acids is 2. The second-order valence-corrected chi connectivity index (χ2v) is 9.26. The first-order valence-electron chi connectivity index (χ1n) is 13.0. The first kappa shape index (κ1) is 27.2. The Bertz CT molecular complexity index is 1700. The van der Waals surface area contributed by atoms with Crippen molar-refractivity contribution in [3.8, 4) is 17.2 Å². The standard InChI is InChI=1S/C33H27NO7/c1-22-31(40-25-15-9-4-10-16-25)30(35)27-18-17-26(20-29(27)39-22)41-32(36)28(19-23-11-5-2-6-12-23)34-33(37)38-21-24-13-7-3-8-14-24/h2-18,20,28H,19,21H2,1H3,(H,34,37). The molecule has 1 aromatic heterocycles. The summed E-state index contributed by atoms with van der Waals surface area (Å²) in [6.45, 7) is 1.68. The molecule has 1 heterocycles. The van der Waals surface area contributed by atoms with Crippen LogP contribution in [-0.2, 0) is 22.6 Å². The van der Waals surface area contributed by atoms with Gasteiger partial charge in [-0.25, -0.2) is 9.59 Å². The molecule has 1 amide bonds. The molecule has 0 saturated heterocycles. The van der Waals surface area contributed by atoms with E-state index in [1.165, 1.54) is 18.2 Å². The maximum atomic E-state index is 13.2. The van der Waals surface area contributed by atoms with Crippen LogP contribution in [0.4, 0.5) is 4.79 Å². The average Bonchev–Trinajstić information content (AvgIpc) is 2.99. The number of rotatable bonds is 9. The summed E-state index contributed by atoms with van der Waals surface area (Å²) in [7, 11) is 0. The Morgan fingerprint density at radius 3 is 2.12 bits per heavy atom. The summed E-state index contributed by atoms with van der Waals surface area (Å²) in [5, 5.41) is 2.88. The summed E-state index contributed by atoms with van der Waals surface area (Å²) in [6.07, 6.45) is -0.569. The Balaban J connectivity index is 1.33. The molecule has 5 rings (SSSR count). The molecule has 5 aromatic rings. The highest BCUT2D eigenvalue weighted by atomic mass is 16.6. The van der Waals surface area contributed by atoms with E-state index in [0.717, 1.165) is 11.1 Å². The lowest BCUT2D eigenvalue weighted by molar-refractivity contribution is -0.136. The zero-order chi connectivity index (χ0) is 28.6. The molecular formula is C33H27NO7. The van der Waals surface area contributed by atoms with Gasteiger partial charge >= 0.3 is 12.1 Å². The van der Waals surface area contributed by atoms with E-state index in [9.17, 15) is 14.4 Å². The van der Waals surface area contributed by atoms with Gasteiger partial charge in [0, 0.05) is 12.5 Å². The Morgan fingerprint density at radius 2 is 1.44 bits per heavy atom. The van der Waals surface area contributed by atoms with Crippen LogP contribution >= 0.6 is 0 Å². The normalized spacial score (nSPS) is 11.4. The number of ether oxygens (including phenoxy) is 3. The minimum atomic E-state index is -1.04. The molecule has 0 fully saturated rings. The molecule has 8 heteroatoms. The zero-order valence-corrected chi connectivity index (χ0v) is 22.2. The fraction of sp³-hybridized carbons (Fsp3) is 0.121. The molecule has 41 heavy (non-hydrogen) atoms. The van der Waals surface area contributed by atoms with Crippen molar-refractivity contribution < 1.29 is 28.2 Å². The maximum absolute atomic E-state index is 13.2. The average molecular weight is 550 g/mol. The fourth-order valence-electron chi connectivity index (χ4n) is 4.19. The smallest absolute Gasteiger partial charge is 0.408 e. The molecule has 0 bridgehead atoms. The van der Waals surface area contributed by atoms with Gasteiger partial charge in [-0.05, 0) is 42.3 Å². The van der Waals surface area contributed by atoms with Gasteiger partial charge in [0.05, 0.1) is 5.39 Å². The number of hydrogen-bond acceptors (Lipinski definition) is 7. The van der Waals surface area contributed by atoms with Gasteiger partial charge in [-0.2, -0.15) is 0 Å². The van der Waals surface area contributed by atoms with E-state index in [0.29, 0.717) is 5.75 Å². The van der Waals surface area contributed by atoms with Crippen LogP contribution in [0.3, 0.4) is 0 Å². The van der Waals surface area contributed by atoms with Crippen molar-refractivity contribution in [3.63, 3.8) is 0 Å². The Kier molecular flexibility index (Phi) is 8.40. The summed E-state index contributed by atoms with van der Waals surface area (Å²) < 4.78 is 22.6. The van der Waals surface area contributed by atoms with Gasteiger partial charge in [0.25, 0.3) is 0 Å². The highest BCUT2D eigenvalue weighted by molar-refractivity contribution is 5.85. The van der Waals surface area contributed by atoms with Gasteiger partial charge < -0.3 is 23.9 Å². The van der Waals surface area contributed by atoms with Crippen LogP contribution in [-0.4, -0.2) is 18.1 Å². The van der Waals surface area contributed by atoms with Crippen LogP contribution in [0.2, 0.25) is 0 Å². The number of amides is 1. The van der Waals surface area contributed by atoms with Crippen molar-refractivity contribution in [3.05, 3.63) is 136 Å². The lowest BCUT2D eigenvalue weighted by Gasteiger charge is -2.18. The number of fused-ring (bicyclic) bond motifs is 1. The summed E-state index contributed by atoms with van der Waals surface area (Å²) in [4.78, 5) is 39.0. The first-order chi connectivity index (χ1) is 20.0. The number of alkyl carbamates (subject to hydrolysis) is 1. The van der Waals surface area contributed by atoms with Gasteiger partial charge in [0.1, 0.15) is 35.5 Å². The molecule has 0 aliphatic carbocycles. The number of benzene rings is 4. The van der Waals surface area contributed by atoms with Gasteiger partial charge in [0.15, 0.2) is 0 Å². The van der Waals surface area contributed by atoms with Gasteiger partial charge in [-0.15, -0.1) is 0 Å². The summed E-state index contributed by atoms with van der Waals surface area (Å²) in [6, 6.07) is 30.8. The molecule has 1 N–H and O–H groups in total. The lowest BCUT2D eigenvalue weighted by atomic mass is 10.1. The minimum Gasteiger partial charge on any atom is -0.457 e. The lowest BCUT2D eigenvalue weighted by Crippen LogP contribution is -2.44. The third-order valence-electron chi connectivity index (χ3n) is 6.24. The summed E-state index contributed by atoms with van der Waals surface area (Å²) >= 11 is 0. The Hall–Kier alpha value is -5.37. The monoisotopic (exact) mass is 549 g/mol. The van der Waals surface area contributed by atoms with Crippen LogP contribution in [0.15, 0.2) is 118 Å². The molecule has 4 aromatic carbocycles. The quantitative estimate of drug-likeness (QED) is 0.169. The van der Waals surface area contributed by atoms with E-state index in [1.54, 1.807) is 31.2 Å². The van der Waals surface area contributed by atoms with Gasteiger partial charge in [0.2, 0.25) is 11.2 Å². The number of aryl methyl sites for hydroxylation is 1. The maximum Gasteiger partial charge on any atom is 0.408 e. The largest absolute Gasteiger partial charge is 0.457 e. The summed E-state index contributed by atoms with van der Waals surface area (Å²) in [5.41, 5.74) is 1.52.